The van der Waals surface area contributed by atoms with Crippen LogP contribution >= 0.6 is 0 Å². The van der Waals surface area contributed by atoms with E-state index in [1.54, 1.807) is 32.0 Å². The molecule has 0 saturated heterocycles. The average molecular weight is 432 g/mol. The summed E-state index contributed by atoms with van der Waals surface area (Å²) in [4.78, 5) is 13.2. The Hall–Kier alpha value is -3.07. The molecule has 0 fully saturated rings. The molecule has 2 N–H and O–H groups in total. The number of carbonyl (C=O) groups excluding carboxylic acids is 1. The van der Waals surface area contributed by atoms with Crippen molar-refractivity contribution in [1.29, 1.82) is 0 Å². The van der Waals surface area contributed by atoms with Crippen LogP contribution in [0.2, 0.25) is 0 Å². The lowest BCUT2D eigenvalue weighted by atomic mass is 9.95. The minimum Gasteiger partial charge on any atom is -0.491 e. The second kappa shape index (κ2) is 7.56. The second-order valence-electron chi connectivity index (χ2n) is 8.07. The number of halogens is 3. The van der Waals surface area contributed by atoms with Crippen LogP contribution in [0.25, 0.3) is 10.9 Å². The van der Waals surface area contributed by atoms with Gasteiger partial charge in [-0.1, -0.05) is 24.3 Å². The van der Waals surface area contributed by atoms with Gasteiger partial charge in [0, 0.05) is 31.1 Å². The van der Waals surface area contributed by atoms with Crippen LogP contribution in [0.1, 0.15) is 41.0 Å². The molecule has 2 heterocycles. The molecule has 1 aliphatic rings. The quantitative estimate of drug-likeness (QED) is 0.662. The molecule has 0 saturated carbocycles. The third kappa shape index (κ3) is 3.85. The van der Waals surface area contributed by atoms with Gasteiger partial charge in [-0.2, -0.15) is 18.3 Å². The number of benzene rings is 2. The third-order valence-corrected chi connectivity index (χ3v) is 5.37. The number of aromatic nitrogens is 2. The molecule has 0 unspecified atom stereocenters. The van der Waals surface area contributed by atoms with Crippen molar-refractivity contribution in [2.45, 2.75) is 32.1 Å². The first-order valence-corrected chi connectivity index (χ1v) is 9.91. The highest BCUT2D eigenvalue weighted by Gasteiger charge is 2.37. The van der Waals surface area contributed by atoms with E-state index in [0.29, 0.717) is 42.1 Å². The summed E-state index contributed by atoms with van der Waals surface area (Å²) in [5.41, 5.74) is -0.203. The van der Waals surface area contributed by atoms with E-state index in [1.807, 2.05) is 6.07 Å². The lowest BCUT2D eigenvalue weighted by molar-refractivity contribution is -0.136. The van der Waals surface area contributed by atoms with E-state index in [1.165, 1.54) is 17.8 Å². The topological polar surface area (TPSA) is 68.2 Å². The van der Waals surface area contributed by atoms with Gasteiger partial charge < -0.3 is 15.4 Å². The molecule has 9 heteroatoms. The molecule has 0 bridgehead atoms. The fraction of sp³-hybridized carbons (Fsp3) is 0.364. The molecular weight excluding hydrogens is 409 g/mol. The Morgan fingerprint density at radius 2 is 1.94 bits per heavy atom. The summed E-state index contributed by atoms with van der Waals surface area (Å²) in [6.45, 7) is 5.13. The number of carbonyl (C=O) groups is 1. The van der Waals surface area contributed by atoms with Crippen LogP contribution in [0.3, 0.4) is 0 Å². The number of hydrogen-bond donors (Lipinski definition) is 2. The molecule has 6 nitrogen and oxygen atoms in total. The smallest absolute Gasteiger partial charge is 0.418 e. The number of ether oxygens (including phenoxy) is 1. The summed E-state index contributed by atoms with van der Waals surface area (Å²) >= 11 is 0. The number of hydrogen-bond acceptors (Lipinski definition) is 4. The first-order chi connectivity index (χ1) is 14.6. The van der Waals surface area contributed by atoms with E-state index in [4.69, 9.17) is 4.74 Å². The van der Waals surface area contributed by atoms with Crippen molar-refractivity contribution in [3.05, 3.63) is 58.8 Å². The van der Waals surface area contributed by atoms with Crippen molar-refractivity contribution in [2.75, 3.05) is 13.2 Å². The molecular formula is C22H23F3N4O2. The van der Waals surface area contributed by atoms with Crippen molar-refractivity contribution in [3.8, 4) is 5.75 Å². The number of nitrogens with zero attached hydrogens (tertiary/aromatic N) is 2. The molecule has 164 valence electrons. The Bertz CT molecular complexity index is 1150. The van der Waals surface area contributed by atoms with Crippen molar-refractivity contribution in [3.63, 3.8) is 0 Å². The molecule has 0 aliphatic carbocycles. The minimum absolute atomic E-state index is 0.0182. The molecule has 1 aliphatic heterocycles. The zero-order valence-corrected chi connectivity index (χ0v) is 17.4. The van der Waals surface area contributed by atoms with Gasteiger partial charge in [0.25, 0.3) is 5.91 Å². The number of para-hydroxylation sites is 2. The van der Waals surface area contributed by atoms with Crippen LogP contribution in [0.15, 0.2) is 36.4 Å². The highest BCUT2D eigenvalue weighted by atomic mass is 19.4. The van der Waals surface area contributed by atoms with E-state index < -0.39 is 17.3 Å². The van der Waals surface area contributed by atoms with Crippen LogP contribution in [-0.2, 0) is 25.3 Å². The van der Waals surface area contributed by atoms with Gasteiger partial charge in [0.05, 0.1) is 27.9 Å². The Morgan fingerprint density at radius 1 is 1.19 bits per heavy atom. The molecule has 0 spiro atoms. The number of aryl methyl sites for hydroxylation is 1. The SMILES string of the molecule is Cn1nc(C(C)(C)NC(=O)c2cccc3c2OCCNC3)c2cccc(C(F)(F)F)c21. The summed E-state index contributed by atoms with van der Waals surface area (Å²) in [7, 11) is 1.47. The van der Waals surface area contributed by atoms with Crippen LogP contribution in [0, 0.1) is 0 Å². The van der Waals surface area contributed by atoms with E-state index in [9.17, 15) is 18.0 Å². The molecule has 4 rings (SSSR count). The Balaban J connectivity index is 1.72. The number of amides is 1. The van der Waals surface area contributed by atoms with Crippen LogP contribution in [0.5, 0.6) is 5.75 Å². The number of rotatable bonds is 3. The molecule has 1 amide bonds. The van der Waals surface area contributed by atoms with Gasteiger partial charge in [0.2, 0.25) is 0 Å². The van der Waals surface area contributed by atoms with Crippen molar-refractivity contribution >= 4 is 16.8 Å². The molecule has 0 atom stereocenters. The lowest BCUT2D eigenvalue weighted by Gasteiger charge is -2.25. The zero-order valence-electron chi connectivity index (χ0n) is 17.4. The lowest BCUT2D eigenvalue weighted by Crippen LogP contribution is -2.41. The molecule has 31 heavy (non-hydrogen) atoms. The van der Waals surface area contributed by atoms with Gasteiger partial charge in [0.15, 0.2) is 0 Å². The van der Waals surface area contributed by atoms with Gasteiger partial charge in [0.1, 0.15) is 12.4 Å². The summed E-state index contributed by atoms with van der Waals surface area (Å²) in [5.74, 6) is 0.139. The van der Waals surface area contributed by atoms with Crippen LogP contribution in [0.4, 0.5) is 13.2 Å². The summed E-state index contributed by atoms with van der Waals surface area (Å²) in [6, 6.07) is 9.32. The minimum atomic E-state index is -4.51. The van der Waals surface area contributed by atoms with Crippen LogP contribution < -0.4 is 15.4 Å². The monoisotopic (exact) mass is 432 g/mol. The Labute approximate surface area is 177 Å². The van der Waals surface area contributed by atoms with Gasteiger partial charge in [-0.05, 0) is 26.0 Å². The van der Waals surface area contributed by atoms with E-state index >= 15 is 0 Å². The predicted octanol–water partition coefficient (Wildman–Crippen LogP) is 3.74. The maximum atomic E-state index is 13.5. The van der Waals surface area contributed by atoms with Crippen LogP contribution in [-0.4, -0.2) is 28.8 Å². The van der Waals surface area contributed by atoms with Crippen molar-refractivity contribution in [2.24, 2.45) is 7.05 Å². The molecule has 3 aromatic rings. The van der Waals surface area contributed by atoms with E-state index in [0.717, 1.165) is 11.6 Å². The van der Waals surface area contributed by atoms with Crippen molar-refractivity contribution < 1.29 is 22.7 Å². The largest absolute Gasteiger partial charge is 0.491 e. The highest BCUT2D eigenvalue weighted by molar-refractivity contribution is 5.98. The Morgan fingerprint density at radius 3 is 2.68 bits per heavy atom. The Kier molecular flexibility index (Phi) is 5.17. The third-order valence-electron chi connectivity index (χ3n) is 5.37. The van der Waals surface area contributed by atoms with Gasteiger partial charge in [-0.3, -0.25) is 9.48 Å². The highest BCUT2D eigenvalue weighted by Crippen LogP contribution is 2.37. The zero-order chi connectivity index (χ0) is 22.4. The molecule has 0 radical (unpaired) electrons. The van der Waals surface area contributed by atoms with E-state index in [-0.39, 0.29) is 11.4 Å². The maximum absolute atomic E-state index is 13.5. The number of nitrogens with one attached hydrogen (secondary N) is 2. The average Bonchev–Trinajstić information content (AvgIpc) is 2.88. The summed E-state index contributed by atoms with van der Waals surface area (Å²) in [6.07, 6.45) is -4.51. The van der Waals surface area contributed by atoms with Crippen molar-refractivity contribution in [1.82, 2.24) is 20.4 Å². The predicted molar refractivity (Wildman–Crippen MR) is 110 cm³/mol. The molecule has 2 aromatic carbocycles. The maximum Gasteiger partial charge on any atom is 0.418 e. The van der Waals surface area contributed by atoms with Gasteiger partial charge in [-0.25, -0.2) is 0 Å². The first kappa shape index (κ1) is 21.2. The fourth-order valence-corrected chi connectivity index (χ4v) is 3.96. The summed E-state index contributed by atoms with van der Waals surface area (Å²) in [5, 5.41) is 10.8. The van der Waals surface area contributed by atoms with Gasteiger partial charge in [-0.15, -0.1) is 0 Å². The number of fused-ring (bicyclic) bond motifs is 2. The normalized spacial score (nSPS) is 14.6. The number of alkyl halides is 3. The molecule has 1 aromatic heterocycles. The first-order valence-electron chi connectivity index (χ1n) is 9.91. The summed E-state index contributed by atoms with van der Waals surface area (Å²) < 4.78 is 47.5. The fourth-order valence-electron chi connectivity index (χ4n) is 3.96. The van der Waals surface area contributed by atoms with E-state index in [2.05, 4.69) is 15.7 Å². The van der Waals surface area contributed by atoms with Gasteiger partial charge >= 0.3 is 6.18 Å². The standard InChI is InChI=1S/C22H23F3N4O2/c1-21(2,19-14-7-5-9-16(22(23,24)25)17(14)29(3)28-19)27-20(30)15-8-4-6-13-12-26-10-11-31-18(13)15/h4-9,26H,10-12H2,1-3H3,(H,27,30). The second-order valence-corrected chi connectivity index (χ2v) is 8.07.